The van der Waals surface area contributed by atoms with Gasteiger partial charge in [-0.25, -0.2) is 9.59 Å². The van der Waals surface area contributed by atoms with Gasteiger partial charge in [0.25, 0.3) is 0 Å². The Morgan fingerprint density at radius 2 is 1.58 bits per heavy atom. The summed E-state index contributed by atoms with van der Waals surface area (Å²) in [5, 5.41) is 5.68. The lowest BCUT2D eigenvalue weighted by molar-refractivity contribution is -0.148. The van der Waals surface area contributed by atoms with Crippen LogP contribution in [0.3, 0.4) is 0 Å². The summed E-state index contributed by atoms with van der Waals surface area (Å²) in [6, 6.07) is 6.51. The fourth-order valence-electron chi connectivity index (χ4n) is 6.79. The number of amides is 5. The molecule has 1 saturated heterocycles. The summed E-state index contributed by atoms with van der Waals surface area (Å²) in [4.78, 5) is 71.4. The molecule has 0 bridgehead atoms. The third-order valence-corrected chi connectivity index (χ3v) is 9.96. The monoisotopic (exact) mass is 703 g/mol. The summed E-state index contributed by atoms with van der Waals surface area (Å²) in [5.41, 5.74) is 0.875. The molecule has 0 saturated carbocycles. The van der Waals surface area contributed by atoms with Gasteiger partial charge in [0.1, 0.15) is 12.1 Å². The van der Waals surface area contributed by atoms with Crippen molar-refractivity contribution >= 4 is 29.7 Å². The number of methoxy groups -OCH3 is 3. The van der Waals surface area contributed by atoms with Crippen LogP contribution in [0.2, 0.25) is 0 Å². The van der Waals surface area contributed by atoms with Crippen molar-refractivity contribution in [3.63, 3.8) is 0 Å². The Bertz CT molecular complexity index is 1260. The molecule has 0 spiro atoms. The van der Waals surface area contributed by atoms with Gasteiger partial charge in [-0.3, -0.25) is 14.4 Å². The van der Waals surface area contributed by atoms with Gasteiger partial charge in [0.15, 0.2) is 0 Å². The van der Waals surface area contributed by atoms with Gasteiger partial charge in [-0.05, 0) is 30.2 Å². The molecule has 1 fully saturated rings. The lowest BCUT2D eigenvalue weighted by atomic mass is 9.89. The fraction of sp³-hybridized carbons (Fsp3) is 0.703. The summed E-state index contributed by atoms with van der Waals surface area (Å²) in [6.07, 6.45) is 1.10. The highest BCUT2D eigenvalue weighted by Gasteiger charge is 2.43. The average Bonchev–Trinajstić information content (AvgIpc) is 3.59. The van der Waals surface area contributed by atoms with Gasteiger partial charge in [-0.15, -0.1) is 0 Å². The molecule has 1 aliphatic heterocycles. The van der Waals surface area contributed by atoms with Crippen LogP contribution in [0.25, 0.3) is 0 Å². The van der Waals surface area contributed by atoms with Crippen LogP contribution in [0.15, 0.2) is 30.3 Å². The van der Waals surface area contributed by atoms with E-state index in [0.29, 0.717) is 13.0 Å². The number of carbonyl (C=O) groups excluding carboxylic acids is 5. The molecule has 1 aliphatic rings. The number of nitrogens with one attached hydrogen (secondary N) is 2. The maximum Gasteiger partial charge on any atom is 0.328 e. The zero-order valence-corrected chi connectivity index (χ0v) is 31.9. The Morgan fingerprint density at radius 3 is 2.10 bits per heavy atom. The van der Waals surface area contributed by atoms with E-state index in [1.54, 1.807) is 45.0 Å². The third-order valence-electron chi connectivity index (χ3n) is 9.96. The number of likely N-dealkylation sites (N-methyl/N-ethyl adjacent to an activating group) is 1. The molecular weight excluding hydrogens is 642 g/mol. The zero-order chi connectivity index (χ0) is 37.7. The first-order valence-corrected chi connectivity index (χ1v) is 17.6. The van der Waals surface area contributed by atoms with Gasteiger partial charge in [-0.2, -0.15) is 0 Å². The molecule has 8 atom stereocenters. The van der Waals surface area contributed by atoms with Gasteiger partial charge in [0.05, 0.1) is 43.7 Å². The highest BCUT2D eigenvalue weighted by Crippen LogP contribution is 2.29. The highest BCUT2D eigenvalue weighted by atomic mass is 16.5. The van der Waals surface area contributed by atoms with E-state index in [9.17, 15) is 24.0 Å². The standard InChI is InChI=1S/C37H61N5O8/c1-12-24(4)32(41(8)35(45)31(23(2)3)39-37(47)40(6)7)29(48-9)22-30(43)42-20-16-19-28(42)33(49-10)25(5)34(44)38-27(36(46)50-11)21-26-17-14-13-15-18-26/h13-15,17-18,23-25,27-29,31-33H,12,16,19-22H2,1-11H3,(H,38,44)(H,39,47)/t24-,25+,27-,28-,29+,31-,32-,33+/m0/s1. The number of hydrogen-bond donors (Lipinski definition) is 2. The minimum atomic E-state index is -0.887. The number of rotatable bonds is 18. The molecule has 13 nitrogen and oxygen atoms in total. The van der Waals surface area contributed by atoms with E-state index >= 15 is 0 Å². The first-order valence-electron chi connectivity index (χ1n) is 17.6. The van der Waals surface area contributed by atoms with Crippen molar-refractivity contribution in [3.8, 4) is 0 Å². The summed E-state index contributed by atoms with van der Waals surface area (Å²) in [7, 11) is 9.29. The Hall–Kier alpha value is -3.71. The molecule has 2 N–H and O–H groups in total. The van der Waals surface area contributed by atoms with Crippen LogP contribution < -0.4 is 10.6 Å². The normalized spacial score (nSPS) is 18.6. The first kappa shape index (κ1) is 42.5. The van der Waals surface area contributed by atoms with Crippen LogP contribution in [0, 0.1) is 17.8 Å². The minimum Gasteiger partial charge on any atom is -0.467 e. The smallest absolute Gasteiger partial charge is 0.328 e. The molecule has 2 rings (SSSR count). The predicted octanol–water partition coefficient (Wildman–Crippen LogP) is 3.10. The van der Waals surface area contributed by atoms with E-state index < -0.39 is 42.2 Å². The van der Waals surface area contributed by atoms with Crippen LogP contribution in [0.5, 0.6) is 0 Å². The van der Waals surface area contributed by atoms with E-state index in [0.717, 1.165) is 18.4 Å². The molecule has 0 aromatic heterocycles. The SMILES string of the molecule is CC[C@H](C)[C@@H]([C@@H](CC(=O)N1CCC[C@H]1[C@H](OC)[C@@H](C)C(=O)N[C@@H](Cc1ccccc1)C(=O)OC)OC)N(C)C(=O)[C@@H](NC(=O)N(C)C)C(C)C. The van der Waals surface area contributed by atoms with Gasteiger partial charge >= 0.3 is 12.0 Å². The van der Waals surface area contributed by atoms with Crippen molar-refractivity contribution in [2.24, 2.45) is 17.8 Å². The number of esters is 1. The minimum absolute atomic E-state index is 0.00846. The molecule has 282 valence electrons. The van der Waals surface area contributed by atoms with Gasteiger partial charge < -0.3 is 39.5 Å². The number of ether oxygens (including phenoxy) is 3. The van der Waals surface area contributed by atoms with Gasteiger partial charge in [0, 0.05) is 48.3 Å². The number of carbonyl (C=O) groups is 5. The third kappa shape index (κ3) is 11.1. The lowest BCUT2D eigenvalue weighted by Gasteiger charge is -2.41. The molecule has 1 aromatic rings. The second-order valence-electron chi connectivity index (χ2n) is 13.9. The molecule has 0 radical (unpaired) electrons. The van der Waals surface area contributed by atoms with E-state index in [4.69, 9.17) is 14.2 Å². The predicted molar refractivity (Wildman–Crippen MR) is 191 cm³/mol. The molecule has 13 heteroatoms. The number of hydrogen-bond acceptors (Lipinski definition) is 8. The van der Waals surface area contributed by atoms with Crippen LogP contribution in [-0.4, -0.2) is 130 Å². The van der Waals surface area contributed by atoms with Crippen molar-refractivity contribution in [3.05, 3.63) is 35.9 Å². The zero-order valence-electron chi connectivity index (χ0n) is 31.9. The highest BCUT2D eigenvalue weighted by molar-refractivity contribution is 5.88. The van der Waals surface area contributed by atoms with Crippen molar-refractivity contribution in [2.75, 3.05) is 49.0 Å². The van der Waals surface area contributed by atoms with Crippen LogP contribution in [0.1, 0.15) is 65.9 Å². The summed E-state index contributed by atoms with van der Waals surface area (Å²) in [6.45, 7) is 10.0. The van der Waals surface area contributed by atoms with Crippen LogP contribution >= 0.6 is 0 Å². The van der Waals surface area contributed by atoms with E-state index in [2.05, 4.69) is 10.6 Å². The Morgan fingerprint density at radius 1 is 0.940 bits per heavy atom. The maximum absolute atomic E-state index is 14.1. The topological polar surface area (TPSA) is 147 Å². The Balaban J connectivity index is 2.26. The Kier molecular flexibility index (Phi) is 17.2. The maximum atomic E-state index is 14.1. The molecule has 1 heterocycles. The van der Waals surface area contributed by atoms with Crippen LogP contribution in [0.4, 0.5) is 4.79 Å². The van der Waals surface area contributed by atoms with Crippen molar-refractivity contribution in [2.45, 2.75) is 103 Å². The number of likely N-dealkylation sites (tertiary alicyclic amines) is 1. The van der Waals surface area contributed by atoms with E-state index in [-0.39, 0.29) is 54.5 Å². The molecule has 0 aliphatic carbocycles. The van der Waals surface area contributed by atoms with Crippen LogP contribution in [-0.2, 0) is 39.8 Å². The second kappa shape index (κ2) is 20.2. The van der Waals surface area contributed by atoms with Crippen molar-refractivity contribution in [1.82, 2.24) is 25.3 Å². The molecule has 50 heavy (non-hydrogen) atoms. The average molecular weight is 704 g/mol. The summed E-state index contributed by atoms with van der Waals surface area (Å²) in [5.74, 6) is -2.25. The molecule has 5 amide bonds. The van der Waals surface area contributed by atoms with Gasteiger partial charge in [-0.1, -0.05) is 71.4 Å². The second-order valence-corrected chi connectivity index (χ2v) is 13.9. The van der Waals surface area contributed by atoms with Crippen molar-refractivity contribution in [1.29, 1.82) is 0 Å². The Labute approximate surface area is 298 Å². The number of nitrogens with zero attached hydrogens (tertiary/aromatic N) is 3. The summed E-state index contributed by atoms with van der Waals surface area (Å²) < 4.78 is 16.8. The summed E-state index contributed by atoms with van der Waals surface area (Å²) >= 11 is 0. The molecule has 0 unspecified atom stereocenters. The fourth-order valence-corrected chi connectivity index (χ4v) is 6.79. The quantitative estimate of drug-likeness (QED) is 0.222. The van der Waals surface area contributed by atoms with Crippen molar-refractivity contribution < 1.29 is 38.2 Å². The molecular formula is C37H61N5O8. The first-order chi connectivity index (χ1) is 23.6. The van der Waals surface area contributed by atoms with Gasteiger partial charge in [0.2, 0.25) is 17.7 Å². The molecule has 1 aromatic carbocycles. The lowest BCUT2D eigenvalue weighted by Crippen LogP contribution is -2.58. The largest absolute Gasteiger partial charge is 0.467 e. The van der Waals surface area contributed by atoms with E-state index in [1.165, 1.54) is 19.1 Å². The van der Waals surface area contributed by atoms with E-state index in [1.807, 2.05) is 58.0 Å². The number of urea groups is 1. The number of benzene rings is 1.